The largest absolute Gasteiger partial charge is 0.478 e. The normalized spacial score (nSPS) is 11.0. The number of benzene rings is 2. The van der Waals surface area contributed by atoms with Crippen LogP contribution in [0.4, 0.5) is 4.39 Å². The van der Waals surface area contributed by atoms with Crippen LogP contribution in [0.5, 0.6) is 0 Å². The molecule has 0 saturated carbocycles. The molecule has 0 aliphatic rings. The maximum atomic E-state index is 14.3. The van der Waals surface area contributed by atoms with Crippen LogP contribution in [0.25, 0.3) is 22.8 Å². The van der Waals surface area contributed by atoms with Crippen molar-refractivity contribution in [2.24, 2.45) is 0 Å². The Morgan fingerprint density at radius 1 is 1.00 bits per heavy atom. The minimum absolute atomic E-state index is 0.0787. The van der Waals surface area contributed by atoms with Crippen LogP contribution in [0.1, 0.15) is 38.2 Å². The van der Waals surface area contributed by atoms with Crippen LogP contribution in [0.2, 0.25) is 0 Å². The van der Waals surface area contributed by atoms with Gasteiger partial charge in [0.1, 0.15) is 5.82 Å². The van der Waals surface area contributed by atoms with Crippen LogP contribution in [0, 0.1) is 40.4 Å². The number of carboxylic acids is 1. The van der Waals surface area contributed by atoms with Crippen molar-refractivity contribution in [3.63, 3.8) is 0 Å². The van der Waals surface area contributed by atoms with E-state index in [1.54, 1.807) is 32.9 Å². The molecule has 0 bridgehead atoms. The Kier molecular flexibility index (Phi) is 4.36. The highest BCUT2D eigenvalue weighted by molar-refractivity contribution is 5.94. The Morgan fingerprint density at radius 3 is 2.35 bits per heavy atom. The van der Waals surface area contributed by atoms with E-state index in [0.717, 1.165) is 16.7 Å². The van der Waals surface area contributed by atoms with E-state index in [4.69, 9.17) is 4.52 Å². The molecule has 0 radical (unpaired) electrons. The number of carbonyl (C=O) groups is 1. The predicted octanol–water partition coefficient (Wildman–Crippen LogP) is 4.78. The summed E-state index contributed by atoms with van der Waals surface area (Å²) < 4.78 is 19.6. The molecule has 0 amide bonds. The van der Waals surface area contributed by atoms with Crippen LogP contribution in [0.3, 0.4) is 0 Å². The fourth-order valence-corrected chi connectivity index (χ4v) is 3.33. The molecule has 0 atom stereocenters. The van der Waals surface area contributed by atoms with Gasteiger partial charge in [-0.3, -0.25) is 0 Å². The van der Waals surface area contributed by atoms with E-state index in [2.05, 4.69) is 10.1 Å². The van der Waals surface area contributed by atoms with Crippen LogP contribution in [0.15, 0.2) is 22.7 Å². The first kappa shape index (κ1) is 17.8. The number of aryl methyl sites for hydroxylation is 3. The Balaban J connectivity index is 2.20. The van der Waals surface area contributed by atoms with E-state index in [1.807, 2.05) is 13.8 Å². The van der Waals surface area contributed by atoms with Crippen molar-refractivity contribution < 1.29 is 18.8 Å². The molecule has 0 aliphatic carbocycles. The van der Waals surface area contributed by atoms with Crippen molar-refractivity contribution >= 4 is 5.97 Å². The third kappa shape index (κ3) is 2.77. The van der Waals surface area contributed by atoms with Crippen LogP contribution in [-0.2, 0) is 0 Å². The molecule has 3 aromatic rings. The van der Waals surface area contributed by atoms with E-state index < -0.39 is 11.8 Å². The summed E-state index contributed by atoms with van der Waals surface area (Å²) >= 11 is 0. The summed E-state index contributed by atoms with van der Waals surface area (Å²) in [6.07, 6.45) is 0. The molecule has 134 valence electrons. The highest BCUT2D eigenvalue weighted by Gasteiger charge is 2.23. The van der Waals surface area contributed by atoms with Gasteiger partial charge in [0.2, 0.25) is 5.82 Å². The lowest BCUT2D eigenvalue weighted by Gasteiger charge is -2.12. The number of rotatable bonds is 3. The topological polar surface area (TPSA) is 76.2 Å². The van der Waals surface area contributed by atoms with Crippen LogP contribution < -0.4 is 0 Å². The van der Waals surface area contributed by atoms with Crippen LogP contribution in [-0.4, -0.2) is 21.2 Å². The fourth-order valence-electron chi connectivity index (χ4n) is 3.33. The first-order valence-electron chi connectivity index (χ1n) is 8.16. The molecule has 5 nitrogen and oxygen atoms in total. The van der Waals surface area contributed by atoms with Crippen molar-refractivity contribution in [1.29, 1.82) is 0 Å². The lowest BCUT2D eigenvalue weighted by atomic mass is 9.93. The van der Waals surface area contributed by atoms with Gasteiger partial charge in [-0.25, -0.2) is 9.18 Å². The third-order valence-electron chi connectivity index (χ3n) is 4.73. The quantitative estimate of drug-likeness (QED) is 0.732. The van der Waals surface area contributed by atoms with Gasteiger partial charge in [0, 0.05) is 5.56 Å². The summed E-state index contributed by atoms with van der Waals surface area (Å²) in [5, 5.41) is 13.5. The Bertz CT molecular complexity index is 1040. The van der Waals surface area contributed by atoms with Gasteiger partial charge in [0.15, 0.2) is 0 Å². The molecule has 0 saturated heterocycles. The molecule has 1 heterocycles. The van der Waals surface area contributed by atoms with E-state index in [1.165, 1.54) is 6.07 Å². The number of hydrogen-bond donors (Lipinski definition) is 1. The smallest absolute Gasteiger partial charge is 0.336 e. The van der Waals surface area contributed by atoms with Crippen molar-refractivity contribution in [2.45, 2.75) is 34.6 Å². The summed E-state index contributed by atoms with van der Waals surface area (Å²) in [5.74, 6) is -1.12. The molecule has 6 heteroatoms. The first-order chi connectivity index (χ1) is 12.2. The SMILES string of the molecule is Cc1ccc(F)c(-c2nc(-c3c(C)cc(C)c(C(=O)O)c3C)no2)c1C. The predicted molar refractivity (Wildman–Crippen MR) is 95.8 cm³/mol. The second kappa shape index (κ2) is 6.37. The highest BCUT2D eigenvalue weighted by Crippen LogP contribution is 2.33. The van der Waals surface area contributed by atoms with E-state index in [-0.39, 0.29) is 22.8 Å². The van der Waals surface area contributed by atoms with Gasteiger partial charge in [0.25, 0.3) is 5.89 Å². The minimum atomic E-state index is -1.01. The summed E-state index contributed by atoms with van der Waals surface area (Å²) in [6, 6.07) is 4.84. The number of aromatic nitrogens is 2. The van der Waals surface area contributed by atoms with Gasteiger partial charge in [-0.2, -0.15) is 4.98 Å². The maximum Gasteiger partial charge on any atom is 0.336 e. The van der Waals surface area contributed by atoms with Crippen molar-refractivity contribution in [3.05, 3.63) is 57.4 Å². The molecular formula is C20H19FN2O3. The first-order valence-corrected chi connectivity index (χ1v) is 8.16. The third-order valence-corrected chi connectivity index (χ3v) is 4.73. The molecular weight excluding hydrogens is 335 g/mol. The molecule has 26 heavy (non-hydrogen) atoms. The van der Waals surface area contributed by atoms with Gasteiger partial charge >= 0.3 is 5.97 Å². The van der Waals surface area contributed by atoms with E-state index in [0.29, 0.717) is 16.7 Å². The van der Waals surface area contributed by atoms with Gasteiger partial charge in [-0.15, -0.1) is 0 Å². The average Bonchev–Trinajstić information content (AvgIpc) is 2.99. The van der Waals surface area contributed by atoms with Crippen LogP contribution >= 0.6 is 0 Å². The second-order valence-corrected chi connectivity index (χ2v) is 6.48. The highest BCUT2D eigenvalue weighted by atomic mass is 19.1. The molecule has 0 fully saturated rings. The maximum absolute atomic E-state index is 14.3. The zero-order valence-electron chi connectivity index (χ0n) is 15.3. The van der Waals surface area contributed by atoms with Crippen molar-refractivity contribution in [3.8, 4) is 22.8 Å². The molecule has 1 aromatic heterocycles. The van der Waals surface area contributed by atoms with Gasteiger partial charge in [0.05, 0.1) is 11.1 Å². The molecule has 2 aromatic carbocycles. The number of carboxylic acid groups (broad SMARTS) is 1. The lowest BCUT2D eigenvalue weighted by molar-refractivity contribution is 0.0695. The second-order valence-electron chi connectivity index (χ2n) is 6.48. The number of halogens is 1. The molecule has 3 rings (SSSR count). The minimum Gasteiger partial charge on any atom is -0.478 e. The summed E-state index contributed by atoms with van der Waals surface area (Å²) in [4.78, 5) is 15.9. The van der Waals surface area contributed by atoms with Gasteiger partial charge < -0.3 is 9.63 Å². The zero-order valence-corrected chi connectivity index (χ0v) is 15.3. The zero-order chi connectivity index (χ0) is 19.2. The summed E-state index contributed by atoms with van der Waals surface area (Å²) in [5.41, 5.74) is 4.78. The number of hydrogen-bond acceptors (Lipinski definition) is 4. The standard InChI is InChI=1S/C20H19FN2O3/c1-9-6-7-14(21)17(12(9)4)19-22-18(23-26-19)15-10(2)8-11(3)16(13(15)5)20(24)25/h6-8H,1-5H3,(H,24,25). The Morgan fingerprint density at radius 2 is 1.69 bits per heavy atom. The van der Waals surface area contributed by atoms with Gasteiger partial charge in [-0.1, -0.05) is 17.3 Å². The molecule has 0 spiro atoms. The Hall–Kier alpha value is -3.02. The lowest BCUT2D eigenvalue weighted by Crippen LogP contribution is -2.06. The summed E-state index contributed by atoms with van der Waals surface area (Å²) in [6.45, 7) is 8.99. The molecule has 0 aliphatic heterocycles. The van der Waals surface area contributed by atoms with E-state index in [9.17, 15) is 14.3 Å². The van der Waals surface area contributed by atoms with Crippen molar-refractivity contribution in [2.75, 3.05) is 0 Å². The van der Waals surface area contributed by atoms with Crippen molar-refractivity contribution in [1.82, 2.24) is 10.1 Å². The molecule has 0 unspecified atom stereocenters. The van der Waals surface area contributed by atoms with E-state index >= 15 is 0 Å². The monoisotopic (exact) mass is 354 g/mol. The Labute approximate surface area is 150 Å². The average molecular weight is 354 g/mol. The summed E-state index contributed by atoms with van der Waals surface area (Å²) in [7, 11) is 0. The number of aromatic carboxylic acids is 1. The number of nitrogens with zero attached hydrogens (tertiary/aromatic N) is 2. The van der Waals surface area contributed by atoms with Gasteiger partial charge in [-0.05, 0) is 68.5 Å². The molecule has 1 N–H and O–H groups in total. The fraction of sp³-hybridized carbons (Fsp3) is 0.250.